The summed E-state index contributed by atoms with van der Waals surface area (Å²) in [5.41, 5.74) is 11.8. The number of aromatic nitrogens is 1. The second-order valence-corrected chi connectivity index (χ2v) is 10.2. The minimum atomic E-state index is -3.04. The van der Waals surface area contributed by atoms with Crippen molar-refractivity contribution in [3.8, 4) is 0 Å². The second kappa shape index (κ2) is 14.9. The van der Waals surface area contributed by atoms with Gasteiger partial charge in [0.2, 0.25) is 0 Å². The van der Waals surface area contributed by atoms with E-state index in [2.05, 4.69) is 68.9 Å². The summed E-state index contributed by atoms with van der Waals surface area (Å²) in [5.74, 6) is 0. The van der Waals surface area contributed by atoms with Gasteiger partial charge in [-0.15, -0.1) is 0 Å². The van der Waals surface area contributed by atoms with Gasteiger partial charge in [-0.3, -0.25) is 0 Å². The molecule has 9 heteroatoms. The first-order valence-corrected chi connectivity index (χ1v) is 14.0. The average molecular weight is 527 g/mol. The Morgan fingerprint density at radius 1 is 1.30 bits per heavy atom. The van der Waals surface area contributed by atoms with Crippen LogP contribution in [0.1, 0.15) is 75.1 Å². The van der Waals surface area contributed by atoms with E-state index in [-0.39, 0.29) is 1.43 Å². The van der Waals surface area contributed by atoms with E-state index in [1.54, 1.807) is 0 Å². The van der Waals surface area contributed by atoms with Crippen LogP contribution in [0.25, 0.3) is 15.7 Å². The smallest absolute Gasteiger partial charge is 0.521 e. The third-order valence-corrected chi connectivity index (χ3v) is 7.11. The lowest BCUT2D eigenvalue weighted by Crippen LogP contribution is -2.24. The topological polar surface area (TPSA) is 117 Å². The fraction of sp³-hybridized carbons (Fsp3) is 0.464. The fourth-order valence-corrected chi connectivity index (χ4v) is 5.20. The molecular formula is C28H39N4O4P. The van der Waals surface area contributed by atoms with Crippen LogP contribution in [0.4, 0.5) is 5.69 Å². The number of benzene rings is 2. The minimum Gasteiger partial charge on any atom is -0.565 e. The number of hydrogen-bond acceptors (Lipinski definition) is 6. The molecule has 1 aliphatic carbocycles. The van der Waals surface area contributed by atoms with Crippen LogP contribution in [0.3, 0.4) is 0 Å². The number of fused-ring (bicyclic) bond motifs is 1. The predicted octanol–water partition coefficient (Wildman–Crippen LogP) is 6.36. The van der Waals surface area contributed by atoms with Crippen molar-refractivity contribution in [2.24, 2.45) is 5.73 Å². The zero-order valence-electron chi connectivity index (χ0n) is 21.4. The Morgan fingerprint density at radius 2 is 2.05 bits per heavy atom. The summed E-state index contributed by atoms with van der Waals surface area (Å²) in [6, 6.07) is 16.0. The predicted molar refractivity (Wildman–Crippen MR) is 148 cm³/mol. The van der Waals surface area contributed by atoms with E-state index in [4.69, 9.17) is 27.0 Å². The first-order valence-electron chi connectivity index (χ1n) is 12.9. The first-order chi connectivity index (χ1) is 18.0. The molecule has 0 amide bonds. The Labute approximate surface area is 221 Å². The summed E-state index contributed by atoms with van der Waals surface area (Å²) in [7, 11) is -3.04. The quantitative estimate of drug-likeness (QED) is 0.0931. The maximum absolute atomic E-state index is 8.93. The molecule has 200 valence electrons. The van der Waals surface area contributed by atoms with E-state index in [0.29, 0.717) is 18.6 Å². The van der Waals surface area contributed by atoms with Gasteiger partial charge in [0.05, 0.1) is 6.57 Å². The molecule has 1 aliphatic rings. The zero-order chi connectivity index (χ0) is 26.6. The van der Waals surface area contributed by atoms with Crippen LogP contribution in [0.2, 0.25) is 0 Å². The molecule has 2 unspecified atom stereocenters. The molecule has 3 aromatic rings. The lowest BCUT2D eigenvalue weighted by atomic mass is 9.95. The highest BCUT2D eigenvalue weighted by Crippen LogP contribution is 2.36. The van der Waals surface area contributed by atoms with Crippen molar-refractivity contribution >= 4 is 24.8 Å². The first kappa shape index (κ1) is 28.9. The highest BCUT2D eigenvalue weighted by molar-refractivity contribution is 7.30. The van der Waals surface area contributed by atoms with Gasteiger partial charge in [-0.2, -0.15) is 0 Å². The lowest BCUT2D eigenvalue weighted by molar-refractivity contribution is -0.244. The number of aryl methyl sites for hydroxylation is 2. The number of nitrogens with two attached hydrogens (primary N) is 1. The van der Waals surface area contributed by atoms with Gasteiger partial charge in [0.1, 0.15) is 0 Å². The van der Waals surface area contributed by atoms with E-state index in [9.17, 15) is 0 Å². The van der Waals surface area contributed by atoms with E-state index < -0.39 is 8.25 Å². The van der Waals surface area contributed by atoms with Crippen LogP contribution in [-0.4, -0.2) is 22.9 Å². The Balaban J connectivity index is 0.000000774. The molecule has 0 spiro atoms. The fourth-order valence-electron chi connectivity index (χ4n) is 5.20. The van der Waals surface area contributed by atoms with Gasteiger partial charge in [0.25, 0.3) is 0 Å². The van der Waals surface area contributed by atoms with E-state index in [0.717, 1.165) is 31.5 Å². The van der Waals surface area contributed by atoms with Crippen LogP contribution in [0.5, 0.6) is 0 Å². The van der Waals surface area contributed by atoms with Crippen molar-refractivity contribution in [3.63, 3.8) is 0 Å². The van der Waals surface area contributed by atoms with Crippen molar-refractivity contribution in [3.05, 3.63) is 76.8 Å². The van der Waals surface area contributed by atoms with Gasteiger partial charge in [-0.1, -0.05) is 55.2 Å². The molecule has 2 atom stereocenters. The Kier molecular flexibility index (Phi) is 11.7. The number of rotatable bonds is 10. The van der Waals surface area contributed by atoms with Gasteiger partial charge < -0.3 is 20.5 Å². The molecule has 8 nitrogen and oxygen atoms in total. The molecule has 1 saturated carbocycles. The molecular weight excluding hydrogens is 487 g/mol. The van der Waals surface area contributed by atoms with Gasteiger partial charge in [0.15, 0.2) is 5.69 Å². The molecule has 4 N–H and O–H groups in total. The summed E-state index contributed by atoms with van der Waals surface area (Å²) >= 11 is 0. The van der Waals surface area contributed by atoms with Crippen LogP contribution in [0, 0.1) is 13.5 Å². The third-order valence-electron chi connectivity index (χ3n) is 6.98. The molecule has 0 bridgehead atoms. The number of nitrogens with zero attached hydrogens (tertiary/aromatic N) is 2. The van der Waals surface area contributed by atoms with Gasteiger partial charge in [0, 0.05) is 29.9 Å². The number of nitrogens with one attached hydrogen (secondary N) is 1. The monoisotopic (exact) mass is 526 g/mol. The molecule has 0 saturated heterocycles. The highest BCUT2D eigenvalue weighted by Gasteiger charge is 2.20. The minimum absolute atomic E-state index is 0. The Morgan fingerprint density at radius 3 is 2.70 bits per heavy atom. The maximum atomic E-state index is 8.93. The van der Waals surface area contributed by atoms with Crippen LogP contribution in [0.15, 0.2) is 48.7 Å². The molecule has 1 fully saturated rings. The summed E-state index contributed by atoms with van der Waals surface area (Å²) < 4.78 is 14.2. The van der Waals surface area contributed by atoms with Crippen molar-refractivity contribution in [1.29, 1.82) is 0 Å². The van der Waals surface area contributed by atoms with E-state index in [1.807, 2.05) is 6.07 Å². The summed E-state index contributed by atoms with van der Waals surface area (Å²) in [5, 5.41) is 12.0. The van der Waals surface area contributed by atoms with Gasteiger partial charge in [-0.25, -0.2) is 10.1 Å². The van der Waals surface area contributed by atoms with Crippen molar-refractivity contribution in [2.75, 3.05) is 13.1 Å². The standard InChI is InChI=1S/C28H36N4.HO4P.H2/c1-21-8-6-9-22(18-21)27(31-17-7-16-29)14-12-23-20-32(25-10-4-3-5-11-25)28-15-13-24(30-2)19-26(23)28;1-4-5(2)3;/h6,8-9,13,15,18-20,25,27,31H,3-5,7,10-12,14,16-17,29H2,1H3;1H;1H. The zero-order valence-corrected chi connectivity index (χ0v) is 22.3. The van der Waals surface area contributed by atoms with E-state index >= 15 is 0 Å². The van der Waals surface area contributed by atoms with Gasteiger partial charge >= 0.3 is 8.25 Å². The second-order valence-electron chi connectivity index (χ2n) is 9.57. The van der Waals surface area contributed by atoms with Crippen molar-refractivity contribution in [1.82, 2.24) is 9.88 Å². The molecule has 37 heavy (non-hydrogen) atoms. The summed E-state index contributed by atoms with van der Waals surface area (Å²) in [6.07, 6.45) is 11.9. The summed E-state index contributed by atoms with van der Waals surface area (Å²) in [6.45, 7) is 11.3. The lowest BCUT2D eigenvalue weighted by Gasteiger charge is -2.24. The Bertz CT molecular complexity index is 1210. The average Bonchev–Trinajstić information content (AvgIpc) is 3.29. The third kappa shape index (κ3) is 8.44. The normalized spacial score (nSPS) is 15.1. The number of hydrogen-bond donors (Lipinski definition) is 3. The molecule has 0 aliphatic heterocycles. The van der Waals surface area contributed by atoms with Gasteiger partial charge in [-0.05, 0) is 85.3 Å². The van der Waals surface area contributed by atoms with Crippen molar-refractivity contribution < 1.29 is 20.8 Å². The maximum Gasteiger partial charge on any atom is 0.521 e. The van der Waals surface area contributed by atoms with Crippen LogP contribution >= 0.6 is 8.25 Å². The molecule has 2 aromatic carbocycles. The largest absolute Gasteiger partial charge is 0.565 e. The van der Waals surface area contributed by atoms with Crippen molar-refractivity contribution in [2.45, 2.75) is 70.4 Å². The van der Waals surface area contributed by atoms with Crippen LogP contribution in [-0.2, 0) is 15.7 Å². The summed E-state index contributed by atoms with van der Waals surface area (Å²) in [4.78, 5) is 12.6. The SMILES string of the molecule is O=[P+]([O-])OO.[C-]#[N+]c1ccc2c(c1)c(CCC(NCCCN)c1cccc(C)c1)cn2C1CCCCC1.[HH]. The molecule has 1 heterocycles. The Hall–Kier alpha value is -2.63. The highest BCUT2D eigenvalue weighted by atomic mass is 31.1. The molecule has 4 rings (SSSR count). The van der Waals surface area contributed by atoms with E-state index in [1.165, 1.54) is 59.7 Å². The molecule has 0 radical (unpaired) electrons. The molecule has 1 aromatic heterocycles. The van der Waals surface area contributed by atoms with Crippen LogP contribution < -0.4 is 15.9 Å².